The highest BCUT2D eigenvalue weighted by Gasteiger charge is 2.17. The Hall–Kier alpha value is -2.40. The first kappa shape index (κ1) is 18.4. The summed E-state index contributed by atoms with van der Waals surface area (Å²) in [6.45, 7) is 11.2. The van der Waals surface area contributed by atoms with E-state index in [1.807, 2.05) is 12.1 Å². The van der Waals surface area contributed by atoms with Crippen LogP contribution in [0.4, 0.5) is 15.8 Å². The molecule has 1 saturated heterocycles. The minimum Gasteiger partial charge on any atom is -0.369 e. The number of likely N-dealkylation sites (N-methyl/N-ethyl adjacent to an activating group) is 1. The SMILES string of the molecule is CCN1CCN(c2ccc(NC(=O)c3ccc(C)c(F)c3)cc2C)CC1. The molecule has 2 aromatic carbocycles. The fraction of sp³-hybridized carbons (Fsp3) is 0.381. The first-order chi connectivity index (χ1) is 12.5. The fourth-order valence-electron chi connectivity index (χ4n) is 3.33. The minimum atomic E-state index is -0.365. The quantitative estimate of drug-likeness (QED) is 0.905. The minimum absolute atomic E-state index is 0.299. The van der Waals surface area contributed by atoms with E-state index < -0.39 is 0 Å². The molecule has 0 atom stereocenters. The molecule has 1 fully saturated rings. The van der Waals surface area contributed by atoms with Crippen LogP contribution in [-0.4, -0.2) is 43.5 Å². The van der Waals surface area contributed by atoms with Crippen molar-refractivity contribution in [3.8, 4) is 0 Å². The fourth-order valence-corrected chi connectivity index (χ4v) is 3.33. The molecule has 26 heavy (non-hydrogen) atoms. The van der Waals surface area contributed by atoms with Gasteiger partial charge in [-0.1, -0.05) is 13.0 Å². The van der Waals surface area contributed by atoms with Crippen LogP contribution >= 0.6 is 0 Å². The molecule has 2 aromatic rings. The van der Waals surface area contributed by atoms with E-state index in [1.165, 1.54) is 11.8 Å². The Morgan fingerprint density at radius 3 is 2.38 bits per heavy atom. The maximum absolute atomic E-state index is 13.7. The predicted octanol–water partition coefficient (Wildman–Crippen LogP) is 3.84. The van der Waals surface area contributed by atoms with Crippen LogP contribution in [0, 0.1) is 19.7 Å². The number of nitrogens with zero attached hydrogens (tertiary/aromatic N) is 2. The second-order valence-electron chi connectivity index (χ2n) is 6.84. The number of piperazine rings is 1. The van der Waals surface area contributed by atoms with Gasteiger partial charge < -0.3 is 15.1 Å². The molecule has 0 aromatic heterocycles. The molecule has 5 heteroatoms. The molecule has 0 saturated carbocycles. The number of rotatable bonds is 4. The number of nitrogens with one attached hydrogen (secondary N) is 1. The van der Waals surface area contributed by atoms with E-state index in [4.69, 9.17) is 0 Å². The highest BCUT2D eigenvalue weighted by Crippen LogP contribution is 2.25. The number of halogens is 1. The molecule has 0 aliphatic carbocycles. The van der Waals surface area contributed by atoms with Gasteiger partial charge in [0.15, 0.2) is 0 Å². The lowest BCUT2D eigenvalue weighted by Crippen LogP contribution is -2.46. The lowest BCUT2D eigenvalue weighted by Gasteiger charge is -2.36. The average molecular weight is 355 g/mol. The Labute approximate surface area is 154 Å². The van der Waals surface area contributed by atoms with Crippen LogP contribution in [0.5, 0.6) is 0 Å². The lowest BCUT2D eigenvalue weighted by atomic mass is 10.1. The van der Waals surface area contributed by atoms with Gasteiger partial charge >= 0.3 is 0 Å². The van der Waals surface area contributed by atoms with Gasteiger partial charge in [-0.25, -0.2) is 4.39 Å². The van der Waals surface area contributed by atoms with Crippen molar-refractivity contribution in [1.82, 2.24) is 4.90 Å². The van der Waals surface area contributed by atoms with Crippen LogP contribution in [0.15, 0.2) is 36.4 Å². The number of carbonyl (C=O) groups excluding carboxylic acids is 1. The molecule has 0 bridgehead atoms. The third kappa shape index (κ3) is 4.05. The predicted molar refractivity (Wildman–Crippen MR) is 105 cm³/mol. The molecule has 4 nitrogen and oxygen atoms in total. The summed E-state index contributed by atoms with van der Waals surface area (Å²) in [5.74, 6) is -0.664. The van der Waals surface area contributed by atoms with Crippen molar-refractivity contribution in [2.45, 2.75) is 20.8 Å². The van der Waals surface area contributed by atoms with E-state index in [0.717, 1.165) is 44.0 Å². The molecule has 1 aliphatic heterocycles. The number of carbonyl (C=O) groups is 1. The molecule has 0 radical (unpaired) electrons. The molecule has 0 unspecified atom stereocenters. The number of hydrogen-bond acceptors (Lipinski definition) is 3. The van der Waals surface area contributed by atoms with Crippen molar-refractivity contribution >= 4 is 17.3 Å². The molecule has 1 amide bonds. The Balaban J connectivity index is 1.69. The summed E-state index contributed by atoms with van der Waals surface area (Å²) in [6.07, 6.45) is 0. The van der Waals surface area contributed by atoms with E-state index in [1.54, 1.807) is 19.1 Å². The van der Waals surface area contributed by atoms with Crippen molar-refractivity contribution in [2.24, 2.45) is 0 Å². The monoisotopic (exact) mass is 355 g/mol. The van der Waals surface area contributed by atoms with Gasteiger partial charge in [0, 0.05) is 43.1 Å². The van der Waals surface area contributed by atoms with Gasteiger partial charge in [0.1, 0.15) is 5.82 Å². The van der Waals surface area contributed by atoms with Crippen molar-refractivity contribution in [1.29, 1.82) is 0 Å². The molecular formula is C21H26FN3O. The zero-order valence-corrected chi connectivity index (χ0v) is 15.7. The van der Waals surface area contributed by atoms with E-state index in [2.05, 4.69) is 35.0 Å². The molecule has 0 spiro atoms. The van der Waals surface area contributed by atoms with Crippen molar-refractivity contribution < 1.29 is 9.18 Å². The summed E-state index contributed by atoms with van der Waals surface area (Å²) in [5, 5.41) is 2.86. The number of benzene rings is 2. The van der Waals surface area contributed by atoms with Gasteiger partial charge in [-0.3, -0.25) is 4.79 Å². The Kier molecular flexibility index (Phi) is 5.57. The summed E-state index contributed by atoms with van der Waals surface area (Å²) in [7, 11) is 0. The van der Waals surface area contributed by atoms with Gasteiger partial charge in [0.25, 0.3) is 5.91 Å². The maximum Gasteiger partial charge on any atom is 0.255 e. The standard InChI is InChI=1S/C21H26FN3O/c1-4-24-9-11-25(12-10-24)20-8-7-18(13-16(20)3)23-21(26)17-6-5-15(2)19(22)14-17/h5-8,13-14H,4,9-12H2,1-3H3,(H,23,26). The normalized spacial score (nSPS) is 15.2. The third-order valence-corrected chi connectivity index (χ3v) is 5.05. The molecule has 1 N–H and O–H groups in total. The lowest BCUT2D eigenvalue weighted by molar-refractivity contribution is 0.102. The highest BCUT2D eigenvalue weighted by atomic mass is 19.1. The largest absolute Gasteiger partial charge is 0.369 e. The summed E-state index contributed by atoms with van der Waals surface area (Å²) in [5.41, 5.74) is 3.92. The van der Waals surface area contributed by atoms with Crippen LogP contribution in [0.3, 0.4) is 0 Å². The van der Waals surface area contributed by atoms with Crippen molar-refractivity contribution in [3.63, 3.8) is 0 Å². The van der Waals surface area contributed by atoms with Crippen LogP contribution in [0.2, 0.25) is 0 Å². The van der Waals surface area contributed by atoms with Gasteiger partial charge in [-0.15, -0.1) is 0 Å². The zero-order valence-electron chi connectivity index (χ0n) is 15.7. The zero-order chi connectivity index (χ0) is 18.7. The number of anilines is 2. The van der Waals surface area contributed by atoms with Crippen molar-refractivity contribution in [3.05, 3.63) is 58.9 Å². The third-order valence-electron chi connectivity index (χ3n) is 5.05. The Bertz CT molecular complexity index is 798. The summed E-state index contributed by atoms with van der Waals surface area (Å²) >= 11 is 0. The molecule has 138 valence electrons. The summed E-state index contributed by atoms with van der Waals surface area (Å²) in [6, 6.07) is 10.5. The van der Waals surface area contributed by atoms with Crippen LogP contribution in [0.1, 0.15) is 28.4 Å². The van der Waals surface area contributed by atoms with Gasteiger partial charge in [0.05, 0.1) is 0 Å². The van der Waals surface area contributed by atoms with Crippen LogP contribution < -0.4 is 10.2 Å². The topological polar surface area (TPSA) is 35.6 Å². The van der Waals surface area contributed by atoms with Crippen molar-refractivity contribution in [2.75, 3.05) is 42.9 Å². The Morgan fingerprint density at radius 1 is 1.04 bits per heavy atom. The van der Waals surface area contributed by atoms with E-state index >= 15 is 0 Å². The smallest absolute Gasteiger partial charge is 0.255 e. The Morgan fingerprint density at radius 2 is 1.77 bits per heavy atom. The van der Waals surface area contributed by atoms with Crippen LogP contribution in [0.25, 0.3) is 0 Å². The van der Waals surface area contributed by atoms with Crippen LogP contribution in [-0.2, 0) is 0 Å². The van der Waals surface area contributed by atoms with E-state index in [0.29, 0.717) is 11.1 Å². The maximum atomic E-state index is 13.7. The second-order valence-corrected chi connectivity index (χ2v) is 6.84. The molecule has 1 aliphatic rings. The summed E-state index contributed by atoms with van der Waals surface area (Å²) < 4.78 is 13.7. The first-order valence-electron chi connectivity index (χ1n) is 9.13. The van der Waals surface area contributed by atoms with Gasteiger partial charge in [0.2, 0.25) is 0 Å². The first-order valence-corrected chi connectivity index (χ1v) is 9.13. The molecular weight excluding hydrogens is 329 g/mol. The average Bonchev–Trinajstić information content (AvgIpc) is 2.64. The summed E-state index contributed by atoms with van der Waals surface area (Å²) in [4.78, 5) is 17.2. The van der Waals surface area contributed by atoms with Gasteiger partial charge in [-0.2, -0.15) is 0 Å². The van der Waals surface area contributed by atoms with E-state index in [9.17, 15) is 9.18 Å². The number of aryl methyl sites for hydroxylation is 2. The number of hydrogen-bond donors (Lipinski definition) is 1. The second kappa shape index (κ2) is 7.87. The molecule has 3 rings (SSSR count). The highest BCUT2D eigenvalue weighted by molar-refractivity contribution is 6.04. The van der Waals surface area contributed by atoms with E-state index in [-0.39, 0.29) is 11.7 Å². The molecule has 1 heterocycles. The number of amides is 1. The van der Waals surface area contributed by atoms with Gasteiger partial charge in [-0.05, 0) is 61.9 Å².